The predicted octanol–water partition coefficient (Wildman–Crippen LogP) is 0.0875. The molecule has 0 fully saturated rings. The second-order valence-electron chi connectivity index (χ2n) is 6.10. The van der Waals surface area contributed by atoms with E-state index in [0.29, 0.717) is 25.5 Å². The average molecular weight is 430 g/mol. The maximum atomic E-state index is 12.2. The number of rotatable bonds is 13. The Morgan fingerprint density at radius 3 is 2.38 bits per heavy atom. The van der Waals surface area contributed by atoms with E-state index in [9.17, 15) is 32.7 Å². The number of aliphatic carboxylic acids is 1. The van der Waals surface area contributed by atoms with Gasteiger partial charge in [-0.05, 0) is 31.0 Å². The fraction of sp³-hybridized carbons (Fsp3) is 0.412. The first kappa shape index (κ1) is 24.0. The summed E-state index contributed by atoms with van der Waals surface area (Å²) in [6.07, 6.45) is 1.17. The Morgan fingerprint density at radius 2 is 1.79 bits per heavy atom. The molecule has 1 aromatic rings. The monoisotopic (exact) mass is 430 g/mol. The molecule has 0 spiro atoms. The Balaban J connectivity index is 2.40. The van der Waals surface area contributed by atoms with Crippen LogP contribution in [0.4, 0.5) is 0 Å². The number of unbranched alkanes of at least 4 members (excludes halogenated alkanes) is 2. The minimum atomic E-state index is -3.97. The van der Waals surface area contributed by atoms with Crippen LogP contribution in [0.25, 0.3) is 0 Å². The highest BCUT2D eigenvalue weighted by molar-refractivity contribution is 7.89. The van der Waals surface area contributed by atoms with Gasteiger partial charge in [-0.1, -0.05) is 6.42 Å². The Kier molecular flexibility index (Phi) is 9.22. The van der Waals surface area contributed by atoms with Crippen LogP contribution < -0.4 is 10.0 Å². The van der Waals surface area contributed by atoms with Gasteiger partial charge in [0, 0.05) is 13.0 Å². The molecule has 0 aliphatic rings. The smallest absolute Gasteiger partial charge is 0.339 e. The molecule has 0 saturated carbocycles. The maximum absolute atomic E-state index is 12.2. The van der Waals surface area contributed by atoms with Gasteiger partial charge in [0.15, 0.2) is 0 Å². The zero-order chi connectivity index (χ0) is 22.0. The zero-order valence-corrected chi connectivity index (χ0v) is 16.1. The summed E-state index contributed by atoms with van der Waals surface area (Å²) in [5, 5.41) is 29.2. The van der Waals surface area contributed by atoms with Crippen LogP contribution >= 0.6 is 0 Å². The molecule has 29 heavy (non-hydrogen) atoms. The summed E-state index contributed by atoms with van der Waals surface area (Å²) in [7, 11) is -3.97. The molecule has 0 saturated heterocycles. The van der Waals surface area contributed by atoms with Crippen LogP contribution in [-0.4, -0.2) is 60.5 Å². The van der Waals surface area contributed by atoms with E-state index >= 15 is 0 Å². The van der Waals surface area contributed by atoms with Crippen LogP contribution in [0.15, 0.2) is 23.1 Å². The summed E-state index contributed by atoms with van der Waals surface area (Å²) in [5.41, 5.74) is -0.532. The molecule has 1 rings (SSSR count). The van der Waals surface area contributed by atoms with Gasteiger partial charge in [-0.15, -0.1) is 0 Å². The quantitative estimate of drug-likeness (QED) is 0.213. The number of aldehydes is 1. The van der Waals surface area contributed by atoms with Gasteiger partial charge in [0.25, 0.3) is 0 Å². The molecular formula is C17H22N2O9S. The van der Waals surface area contributed by atoms with E-state index in [1.807, 2.05) is 0 Å². The van der Waals surface area contributed by atoms with Crippen molar-refractivity contribution in [3.63, 3.8) is 0 Å². The first-order chi connectivity index (χ1) is 13.6. The second kappa shape index (κ2) is 11.1. The molecule has 1 amide bonds. The van der Waals surface area contributed by atoms with E-state index in [1.54, 1.807) is 0 Å². The number of hydrogen-bond acceptors (Lipinski definition) is 7. The molecule has 0 aliphatic heterocycles. The lowest BCUT2D eigenvalue weighted by Crippen LogP contribution is -2.37. The van der Waals surface area contributed by atoms with Crippen molar-refractivity contribution < 1.29 is 42.9 Å². The van der Waals surface area contributed by atoms with Crippen molar-refractivity contribution >= 4 is 34.2 Å². The second-order valence-corrected chi connectivity index (χ2v) is 7.87. The van der Waals surface area contributed by atoms with E-state index in [4.69, 9.17) is 10.2 Å². The molecule has 160 valence electrons. The van der Waals surface area contributed by atoms with Crippen LogP contribution in [0.3, 0.4) is 0 Å². The normalized spacial score (nSPS) is 12.1. The van der Waals surface area contributed by atoms with E-state index < -0.39 is 51.6 Å². The molecule has 5 N–H and O–H groups in total. The molecular weight excluding hydrogens is 408 g/mol. The average Bonchev–Trinajstić information content (AvgIpc) is 2.63. The summed E-state index contributed by atoms with van der Waals surface area (Å²) in [4.78, 5) is 43.5. The number of benzene rings is 1. The maximum Gasteiger partial charge on any atom is 0.339 e. The number of carboxylic acids is 2. The number of carbonyl (C=O) groups excluding carboxylic acids is 2. The number of hydrogen-bond donors (Lipinski definition) is 5. The summed E-state index contributed by atoms with van der Waals surface area (Å²) >= 11 is 0. The number of nitrogens with one attached hydrogen (secondary N) is 2. The molecule has 11 nitrogen and oxygen atoms in total. The number of phenols is 1. The number of aromatic hydroxyl groups is 1. The minimum Gasteiger partial charge on any atom is -0.507 e. The molecule has 1 aromatic carbocycles. The number of aromatic carboxylic acids is 1. The Hall–Kier alpha value is -2.99. The molecule has 1 unspecified atom stereocenters. The first-order valence-electron chi connectivity index (χ1n) is 8.59. The highest BCUT2D eigenvalue weighted by Gasteiger charge is 2.18. The van der Waals surface area contributed by atoms with Crippen molar-refractivity contribution in [3.05, 3.63) is 23.8 Å². The minimum absolute atomic E-state index is 0.0449. The molecule has 1 atom stereocenters. The topological polar surface area (TPSA) is 187 Å². The van der Waals surface area contributed by atoms with Gasteiger partial charge in [-0.3, -0.25) is 9.59 Å². The lowest BCUT2D eigenvalue weighted by molar-refractivity contribution is -0.138. The SMILES string of the molecule is O=CC(CC(=O)O)NC(=O)CCCCCNS(=O)(=O)c1ccc(O)c(C(=O)O)c1. The lowest BCUT2D eigenvalue weighted by atomic mass is 10.1. The fourth-order valence-corrected chi connectivity index (χ4v) is 3.43. The van der Waals surface area contributed by atoms with Crippen LogP contribution in [0.5, 0.6) is 5.75 Å². The van der Waals surface area contributed by atoms with Crippen molar-refractivity contribution in [1.29, 1.82) is 0 Å². The van der Waals surface area contributed by atoms with Crippen LogP contribution in [-0.2, 0) is 24.4 Å². The molecule has 0 radical (unpaired) electrons. The number of sulfonamides is 1. The third-order valence-electron chi connectivity index (χ3n) is 3.79. The van der Waals surface area contributed by atoms with Gasteiger partial charge in [0.2, 0.25) is 15.9 Å². The largest absolute Gasteiger partial charge is 0.507 e. The van der Waals surface area contributed by atoms with Gasteiger partial charge in [0.05, 0.1) is 17.4 Å². The van der Waals surface area contributed by atoms with Crippen molar-refractivity contribution in [2.75, 3.05) is 6.54 Å². The highest BCUT2D eigenvalue weighted by atomic mass is 32.2. The van der Waals surface area contributed by atoms with Gasteiger partial charge in [-0.2, -0.15) is 0 Å². The van der Waals surface area contributed by atoms with Gasteiger partial charge in [-0.25, -0.2) is 17.9 Å². The van der Waals surface area contributed by atoms with E-state index in [0.717, 1.165) is 18.2 Å². The summed E-state index contributed by atoms with van der Waals surface area (Å²) in [5.74, 6) is -3.69. The summed E-state index contributed by atoms with van der Waals surface area (Å²) < 4.78 is 26.6. The van der Waals surface area contributed by atoms with Crippen molar-refractivity contribution in [2.24, 2.45) is 0 Å². The number of carbonyl (C=O) groups is 4. The molecule has 0 bridgehead atoms. The standard InChI is InChI=1S/C17H22N2O9S/c20-10-11(8-16(23)24)19-15(22)4-2-1-3-7-18-29(27,28)12-5-6-14(21)13(9-12)17(25)26/h5-6,9-11,18,21H,1-4,7-8H2,(H,19,22)(H,23,24)(H,25,26). The Bertz CT molecular complexity index is 868. The van der Waals surface area contributed by atoms with Crippen molar-refractivity contribution in [3.8, 4) is 5.75 Å². The van der Waals surface area contributed by atoms with Crippen LogP contribution in [0.2, 0.25) is 0 Å². The molecule has 12 heteroatoms. The Morgan fingerprint density at radius 1 is 1.10 bits per heavy atom. The molecule has 0 aromatic heterocycles. The van der Waals surface area contributed by atoms with E-state index in [2.05, 4.69) is 10.0 Å². The molecule has 0 aliphatic carbocycles. The van der Waals surface area contributed by atoms with Gasteiger partial charge in [0.1, 0.15) is 17.6 Å². The molecule has 0 heterocycles. The van der Waals surface area contributed by atoms with Crippen molar-refractivity contribution in [1.82, 2.24) is 10.0 Å². The summed E-state index contributed by atoms with van der Waals surface area (Å²) in [6, 6.07) is 1.82. The fourth-order valence-electron chi connectivity index (χ4n) is 2.33. The third kappa shape index (κ3) is 8.27. The zero-order valence-electron chi connectivity index (χ0n) is 15.3. The van der Waals surface area contributed by atoms with E-state index in [1.165, 1.54) is 0 Å². The lowest BCUT2D eigenvalue weighted by Gasteiger charge is -2.10. The Labute approximate surface area is 166 Å². The highest BCUT2D eigenvalue weighted by Crippen LogP contribution is 2.21. The number of carboxylic acid groups (broad SMARTS) is 2. The number of amides is 1. The summed E-state index contributed by atoms with van der Waals surface area (Å²) in [6.45, 7) is 0.0449. The van der Waals surface area contributed by atoms with Gasteiger partial charge >= 0.3 is 11.9 Å². The third-order valence-corrected chi connectivity index (χ3v) is 5.25. The van der Waals surface area contributed by atoms with Crippen LogP contribution in [0, 0.1) is 0 Å². The first-order valence-corrected chi connectivity index (χ1v) is 10.1. The van der Waals surface area contributed by atoms with Crippen LogP contribution in [0.1, 0.15) is 42.5 Å². The van der Waals surface area contributed by atoms with Crippen molar-refractivity contribution in [2.45, 2.75) is 43.0 Å². The van der Waals surface area contributed by atoms with Gasteiger partial charge < -0.3 is 25.4 Å². The van der Waals surface area contributed by atoms with E-state index in [-0.39, 0.29) is 17.9 Å². The predicted molar refractivity (Wildman–Crippen MR) is 99.0 cm³/mol.